The molecule has 0 bridgehead atoms. The third kappa shape index (κ3) is 9.37. The van der Waals surface area contributed by atoms with Crippen LogP contribution in [0.3, 0.4) is 0 Å². The topological polar surface area (TPSA) is 75.1 Å². The molecular weight excluding hydrogens is 406 g/mol. The molecule has 7 nitrogen and oxygen atoms in total. The van der Waals surface area contributed by atoms with Gasteiger partial charge >= 0.3 is 0 Å². The van der Waals surface area contributed by atoms with E-state index in [1.54, 1.807) is 12.4 Å². The van der Waals surface area contributed by atoms with Gasteiger partial charge in [0.15, 0.2) is 11.6 Å². The van der Waals surface area contributed by atoms with Gasteiger partial charge in [-0.3, -0.25) is 0 Å². The van der Waals surface area contributed by atoms with Crippen LogP contribution in [0.25, 0.3) is 0 Å². The van der Waals surface area contributed by atoms with Gasteiger partial charge in [-0.25, -0.2) is 9.97 Å². The number of benzene rings is 1. The maximum Gasteiger partial charge on any atom is 0.174 e. The summed E-state index contributed by atoms with van der Waals surface area (Å²) in [6, 6.07) is 4.08. The molecule has 2 aromatic rings. The molecule has 0 amide bonds. The molecule has 0 spiro atoms. The molecule has 0 atom stereocenters. The van der Waals surface area contributed by atoms with Crippen LogP contribution in [-0.2, 0) is 4.84 Å². The van der Waals surface area contributed by atoms with Gasteiger partial charge in [0.2, 0.25) is 0 Å². The minimum absolute atomic E-state index is 0.487. The molecule has 0 fully saturated rings. The smallest absolute Gasteiger partial charge is 0.174 e. The number of oxime groups is 1. The highest BCUT2D eigenvalue weighted by atomic mass is 16.6. The minimum Gasteiger partial charge on any atom is -0.493 e. The first-order chi connectivity index (χ1) is 15.6. The van der Waals surface area contributed by atoms with E-state index >= 15 is 0 Å². The van der Waals surface area contributed by atoms with Gasteiger partial charge in [0, 0.05) is 0 Å². The van der Waals surface area contributed by atoms with Crippen molar-refractivity contribution in [1.29, 1.82) is 0 Å². The Balaban J connectivity index is 1.56. The number of aromatic nitrogens is 2. The Hall–Kier alpha value is -3.09. The van der Waals surface area contributed by atoms with Crippen molar-refractivity contribution >= 4 is 6.21 Å². The molecule has 0 aliphatic rings. The van der Waals surface area contributed by atoms with Crippen LogP contribution in [-0.4, -0.2) is 43.1 Å². The van der Waals surface area contributed by atoms with Gasteiger partial charge in [-0.05, 0) is 56.9 Å². The SMILES string of the molecule is C/C=C/COc1cc(C)c(OCCCCCCCOc2cnc(/C=N/OC)nc2)c(C)c1. The van der Waals surface area contributed by atoms with E-state index < -0.39 is 0 Å². The fourth-order valence-corrected chi connectivity index (χ4v) is 3.13. The van der Waals surface area contributed by atoms with Crippen LogP contribution < -0.4 is 14.2 Å². The summed E-state index contributed by atoms with van der Waals surface area (Å²) in [5, 5.41) is 3.62. The zero-order valence-electron chi connectivity index (χ0n) is 19.7. The van der Waals surface area contributed by atoms with E-state index in [4.69, 9.17) is 14.2 Å². The zero-order valence-corrected chi connectivity index (χ0v) is 19.7. The van der Waals surface area contributed by atoms with Crippen LogP contribution in [0.5, 0.6) is 17.2 Å². The van der Waals surface area contributed by atoms with Crippen LogP contribution in [0, 0.1) is 13.8 Å². The van der Waals surface area contributed by atoms with Gasteiger partial charge in [-0.2, -0.15) is 0 Å². The number of hydrogen-bond acceptors (Lipinski definition) is 7. The first kappa shape index (κ1) is 25.2. The zero-order chi connectivity index (χ0) is 23.0. The quantitative estimate of drug-likeness (QED) is 0.159. The Bertz CT molecular complexity index is 828. The van der Waals surface area contributed by atoms with E-state index in [0.717, 1.165) is 61.3 Å². The molecule has 0 unspecified atom stereocenters. The van der Waals surface area contributed by atoms with Gasteiger partial charge in [0.05, 0.1) is 25.6 Å². The monoisotopic (exact) mass is 441 g/mol. The summed E-state index contributed by atoms with van der Waals surface area (Å²) in [7, 11) is 1.48. The lowest BCUT2D eigenvalue weighted by atomic mass is 10.1. The standard InChI is InChI=1S/C25H35N3O4/c1-5-6-12-30-22-15-20(2)25(21(3)16-22)32-14-11-9-7-8-10-13-31-23-17-26-24(27-18-23)19-28-29-4/h5-6,15-19H,7-14H2,1-4H3/b6-5+,28-19+. The van der Waals surface area contributed by atoms with E-state index in [1.807, 2.05) is 31.2 Å². The number of aryl methyl sites for hydroxylation is 2. The molecule has 1 heterocycles. The van der Waals surface area contributed by atoms with Crippen molar-refractivity contribution in [2.24, 2.45) is 5.16 Å². The molecule has 0 aliphatic heterocycles. The first-order valence-corrected chi connectivity index (χ1v) is 11.1. The lowest BCUT2D eigenvalue weighted by molar-refractivity contribution is 0.215. The molecule has 174 valence electrons. The van der Waals surface area contributed by atoms with Crippen molar-refractivity contribution in [1.82, 2.24) is 9.97 Å². The molecule has 2 rings (SSSR count). The molecule has 0 aliphatic carbocycles. The number of hydrogen-bond donors (Lipinski definition) is 0. The summed E-state index contributed by atoms with van der Waals surface area (Å²) < 4.78 is 17.5. The highest BCUT2D eigenvalue weighted by Gasteiger charge is 2.07. The Morgan fingerprint density at radius 2 is 1.47 bits per heavy atom. The van der Waals surface area contributed by atoms with Crippen LogP contribution in [0.15, 0.2) is 41.8 Å². The highest BCUT2D eigenvalue weighted by Crippen LogP contribution is 2.28. The Kier molecular flexibility index (Phi) is 11.7. The van der Waals surface area contributed by atoms with Gasteiger partial charge in [-0.15, -0.1) is 0 Å². The number of nitrogens with zero attached hydrogens (tertiary/aromatic N) is 3. The fourth-order valence-electron chi connectivity index (χ4n) is 3.13. The third-order valence-corrected chi connectivity index (χ3v) is 4.74. The second-order valence-electron chi connectivity index (χ2n) is 7.42. The molecule has 32 heavy (non-hydrogen) atoms. The highest BCUT2D eigenvalue weighted by molar-refractivity contribution is 5.73. The third-order valence-electron chi connectivity index (χ3n) is 4.74. The summed E-state index contributed by atoms with van der Waals surface area (Å²) in [6.45, 7) is 8.10. The molecule has 0 saturated heterocycles. The predicted octanol–water partition coefficient (Wildman–Crippen LogP) is 5.44. The van der Waals surface area contributed by atoms with Crippen molar-refractivity contribution in [3.63, 3.8) is 0 Å². The molecule has 0 N–H and O–H groups in total. The van der Waals surface area contributed by atoms with Crippen molar-refractivity contribution < 1.29 is 19.0 Å². The lowest BCUT2D eigenvalue weighted by Crippen LogP contribution is -2.02. The fraction of sp³-hybridized carbons (Fsp3) is 0.480. The Labute approximate surface area is 191 Å². The summed E-state index contributed by atoms with van der Waals surface area (Å²) in [5.74, 6) is 3.01. The van der Waals surface area contributed by atoms with Crippen LogP contribution in [0.1, 0.15) is 56.0 Å². The maximum atomic E-state index is 6.04. The normalized spacial score (nSPS) is 11.2. The second-order valence-corrected chi connectivity index (χ2v) is 7.42. The van der Waals surface area contributed by atoms with E-state index in [9.17, 15) is 0 Å². The summed E-state index contributed by atoms with van der Waals surface area (Å²) in [4.78, 5) is 12.9. The molecule has 0 saturated carbocycles. The van der Waals surface area contributed by atoms with E-state index in [0.29, 0.717) is 24.8 Å². The Morgan fingerprint density at radius 3 is 2.09 bits per heavy atom. The van der Waals surface area contributed by atoms with Crippen LogP contribution in [0.4, 0.5) is 0 Å². The van der Waals surface area contributed by atoms with Crippen molar-refractivity contribution in [2.75, 3.05) is 26.9 Å². The average Bonchev–Trinajstić information content (AvgIpc) is 2.79. The molecular formula is C25H35N3O4. The second kappa shape index (κ2) is 14.8. The predicted molar refractivity (Wildman–Crippen MR) is 127 cm³/mol. The van der Waals surface area contributed by atoms with Crippen molar-refractivity contribution in [3.8, 4) is 17.2 Å². The largest absolute Gasteiger partial charge is 0.493 e. The first-order valence-electron chi connectivity index (χ1n) is 11.1. The minimum atomic E-state index is 0.487. The lowest BCUT2D eigenvalue weighted by Gasteiger charge is -2.14. The van der Waals surface area contributed by atoms with E-state index in [2.05, 4.69) is 33.8 Å². The van der Waals surface area contributed by atoms with Crippen molar-refractivity contribution in [2.45, 2.75) is 52.9 Å². The maximum absolute atomic E-state index is 6.04. The molecule has 0 radical (unpaired) electrons. The molecule has 1 aromatic heterocycles. The molecule has 1 aromatic carbocycles. The Morgan fingerprint density at radius 1 is 0.844 bits per heavy atom. The molecule has 7 heteroatoms. The number of unbranched alkanes of at least 4 members (excludes halogenated alkanes) is 4. The summed E-state index contributed by atoms with van der Waals surface area (Å²) >= 11 is 0. The van der Waals surface area contributed by atoms with Gasteiger partial charge < -0.3 is 19.0 Å². The van der Waals surface area contributed by atoms with E-state index in [-0.39, 0.29) is 0 Å². The van der Waals surface area contributed by atoms with Gasteiger partial charge in [-0.1, -0.05) is 36.6 Å². The number of allylic oxidation sites excluding steroid dienone is 1. The summed E-state index contributed by atoms with van der Waals surface area (Å²) in [6.07, 6.45) is 14.2. The van der Waals surface area contributed by atoms with Crippen molar-refractivity contribution in [3.05, 3.63) is 53.6 Å². The van der Waals surface area contributed by atoms with Gasteiger partial charge in [0.25, 0.3) is 0 Å². The summed E-state index contributed by atoms with van der Waals surface area (Å²) in [5.41, 5.74) is 2.22. The van der Waals surface area contributed by atoms with E-state index in [1.165, 1.54) is 13.3 Å². The number of rotatable bonds is 15. The van der Waals surface area contributed by atoms with Crippen LogP contribution >= 0.6 is 0 Å². The van der Waals surface area contributed by atoms with Gasteiger partial charge in [0.1, 0.15) is 31.4 Å². The number of ether oxygens (including phenoxy) is 3. The van der Waals surface area contributed by atoms with Crippen LogP contribution in [0.2, 0.25) is 0 Å². The average molecular weight is 442 g/mol.